The van der Waals surface area contributed by atoms with Crippen molar-refractivity contribution in [1.82, 2.24) is 20.1 Å². The van der Waals surface area contributed by atoms with E-state index in [1.54, 1.807) is 13.2 Å². The zero-order chi connectivity index (χ0) is 31.0. The Labute approximate surface area is 251 Å². The molecule has 14 heteroatoms. The van der Waals surface area contributed by atoms with Crippen LogP contribution in [0.3, 0.4) is 0 Å². The molecule has 0 radical (unpaired) electrons. The summed E-state index contributed by atoms with van der Waals surface area (Å²) in [5.74, 6) is -1.37. The maximum Gasteiger partial charge on any atom is 0.409 e. The number of aromatic nitrogens is 1. The second kappa shape index (κ2) is 14.8. The molecule has 2 aromatic rings. The van der Waals surface area contributed by atoms with Gasteiger partial charge in [0.25, 0.3) is 5.91 Å². The van der Waals surface area contributed by atoms with Gasteiger partial charge in [-0.2, -0.15) is 0 Å². The summed E-state index contributed by atoms with van der Waals surface area (Å²) in [5.41, 5.74) is 2.09. The third kappa shape index (κ3) is 8.99. The summed E-state index contributed by atoms with van der Waals surface area (Å²) in [6, 6.07) is 11.3. The van der Waals surface area contributed by atoms with Gasteiger partial charge in [-0.3, -0.25) is 14.2 Å². The molecule has 2 fully saturated rings. The van der Waals surface area contributed by atoms with Crippen LogP contribution in [0.25, 0.3) is 11.3 Å². The van der Waals surface area contributed by atoms with Crippen LogP contribution in [0.4, 0.5) is 10.5 Å². The summed E-state index contributed by atoms with van der Waals surface area (Å²) in [4.78, 5) is 68.3. The van der Waals surface area contributed by atoms with Crippen LogP contribution < -0.4 is 10.2 Å². The van der Waals surface area contributed by atoms with Gasteiger partial charge in [-0.05, 0) is 25.0 Å². The Morgan fingerprint density at radius 3 is 2.40 bits per heavy atom. The standard InChI is InChI=1S/C29H40N5O8P/c1-3-4-16-42-29(37)33-14-12-32(13-15-33)28(36)26(20-43(38,39)40)31-27(35)25-18-22(34-11-10-23(19-34)41-2)17-24(30-25)21-8-6-5-7-9-21/h5-9,17-18,23,26H,3-4,10-16,19-20H2,1-2H3,(H,31,35)(H2,38,39,40)/t23-,26-/m0/s1. The Bertz CT molecular complexity index is 1320. The lowest BCUT2D eigenvalue weighted by atomic mass is 10.1. The van der Waals surface area contributed by atoms with Crippen LogP contribution in [0.2, 0.25) is 0 Å². The number of carbonyl (C=O) groups excluding carboxylic acids is 3. The van der Waals surface area contributed by atoms with E-state index < -0.39 is 37.7 Å². The van der Waals surface area contributed by atoms with Crippen molar-refractivity contribution in [3.8, 4) is 11.3 Å². The van der Waals surface area contributed by atoms with Gasteiger partial charge >= 0.3 is 13.7 Å². The minimum Gasteiger partial charge on any atom is -0.449 e. The maximum atomic E-state index is 13.6. The topological polar surface area (TPSA) is 162 Å². The van der Waals surface area contributed by atoms with Crippen LogP contribution in [-0.4, -0.2) is 114 Å². The van der Waals surface area contributed by atoms with E-state index in [0.29, 0.717) is 18.8 Å². The lowest BCUT2D eigenvalue weighted by Crippen LogP contribution is -2.56. The van der Waals surface area contributed by atoms with E-state index in [4.69, 9.17) is 9.47 Å². The molecule has 0 aliphatic carbocycles. The van der Waals surface area contributed by atoms with E-state index >= 15 is 0 Å². The number of anilines is 1. The Hall–Kier alpha value is -3.51. The number of methoxy groups -OCH3 is 1. The fourth-order valence-electron chi connectivity index (χ4n) is 5.11. The third-order valence-corrected chi connectivity index (χ3v) is 8.39. The molecule has 43 heavy (non-hydrogen) atoms. The fourth-order valence-corrected chi connectivity index (χ4v) is 5.83. The smallest absolute Gasteiger partial charge is 0.409 e. The highest BCUT2D eigenvalue weighted by atomic mass is 31.2. The average molecular weight is 618 g/mol. The van der Waals surface area contributed by atoms with Crippen molar-refractivity contribution in [3.05, 3.63) is 48.2 Å². The first-order valence-electron chi connectivity index (χ1n) is 14.5. The van der Waals surface area contributed by atoms with Crippen LogP contribution in [0.5, 0.6) is 0 Å². The highest BCUT2D eigenvalue weighted by Gasteiger charge is 2.35. The van der Waals surface area contributed by atoms with E-state index in [9.17, 15) is 28.7 Å². The van der Waals surface area contributed by atoms with E-state index in [1.807, 2.05) is 43.3 Å². The lowest BCUT2D eigenvalue weighted by Gasteiger charge is -2.36. The van der Waals surface area contributed by atoms with Crippen LogP contribution in [0, 0.1) is 0 Å². The molecule has 0 spiro atoms. The summed E-state index contributed by atoms with van der Waals surface area (Å²) in [6.45, 7) is 4.34. The lowest BCUT2D eigenvalue weighted by molar-refractivity contribution is -0.134. The summed E-state index contributed by atoms with van der Waals surface area (Å²) < 4.78 is 22.7. The SMILES string of the molecule is CCCCOC(=O)N1CCN(C(=O)[C@H](CP(=O)(O)O)NC(=O)c2cc(N3CC[C@H](OC)C3)cc(-c3ccccc3)n2)CC1. The van der Waals surface area contributed by atoms with Gasteiger partial charge in [0.2, 0.25) is 5.91 Å². The molecule has 3 amide bonds. The van der Waals surface area contributed by atoms with Crippen molar-refractivity contribution in [1.29, 1.82) is 0 Å². The molecule has 2 aliphatic heterocycles. The summed E-state index contributed by atoms with van der Waals surface area (Å²) in [5, 5.41) is 2.54. The summed E-state index contributed by atoms with van der Waals surface area (Å²) >= 11 is 0. The van der Waals surface area contributed by atoms with Crippen LogP contribution in [-0.2, 0) is 18.8 Å². The van der Waals surface area contributed by atoms with Crippen molar-refractivity contribution < 1.29 is 38.2 Å². The number of piperazine rings is 1. The Kier molecular flexibility index (Phi) is 11.1. The van der Waals surface area contributed by atoms with Gasteiger partial charge in [0.1, 0.15) is 11.7 Å². The predicted molar refractivity (Wildman–Crippen MR) is 160 cm³/mol. The molecule has 1 aromatic carbocycles. The third-order valence-electron chi connectivity index (χ3n) is 7.55. The molecule has 234 valence electrons. The number of pyridine rings is 1. The van der Waals surface area contributed by atoms with Gasteiger partial charge in [0, 0.05) is 57.6 Å². The number of rotatable bonds is 11. The number of amides is 3. The van der Waals surface area contributed by atoms with E-state index in [0.717, 1.165) is 37.1 Å². The quantitative estimate of drug-likeness (QED) is 0.252. The molecule has 2 atom stereocenters. The molecular formula is C29H40N5O8P. The molecule has 2 saturated heterocycles. The molecule has 13 nitrogen and oxygen atoms in total. The molecule has 3 N–H and O–H groups in total. The van der Waals surface area contributed by atoms with Crippen molar-refractivity contribution in [3.63, 3.8) is 0 Å². The molecule has 4 rings (SSSR count). The van der Waals surface area contributed by atoms with E-state index in [2.05, 4.69) is 15.2 Å². The number of hydrogen-bond donors (Lipinski definition) is 3. The molecule has 0 unspecified atom stereocenters. The minimum absolute atomic E-state index is 0.0142. The summed E-state index contributed by atoms with van der Waals surface area (Å²) in [6.07, 6.45) is 1.19. The normalized spacial score (nSPS) is 18.0. The molecule has 0 bridgehead atoms. The van der Waals surface area contributed by atoms with Crippen molar-refractivity contribution >= 4 is 31.2 Å². The Morgan fingerprint density at radius 2 is 1.77 bits per heavy atom. The average Bonchev–Trinajstić information content (AvgIpc) is 3.50. The van der Waals surface area contributed by atoms with E-state index in [1.165, 1.54) is 9.80 Å². The van der Waals surface area contributed by atoms with E-state index in [-0.39, 0.29) is 38.0 Å². The number of nitrogens with zero attached hydrogens (tertiary/aromatic N) is 4. The largest absolute Gasteiger partial charge is 0.449 e. The number of nitrogens with one attached hydrogen (secondary N) is 1. The molecule has 2 aliphatic rings. The van der Waals surface area contributed by atoms with Gasteiger partial charge in [-0.25, -0.2) is 9.78 Å². The Balaban J connectivity index is 1.52. The molecule has 3 heterocycles. The monoisotopic (exact) mass is 617 g/mol. The number of hydrogen-bond acceptors (Lipinski definition) is 8. The van der Waals surface area contributed by atoms with Crippen molar-refractivity contribution in [2.24, 2.45) is 0 Å². The first kappa shape index (κ1) is 32.4. The fraction of sp³-hybridized carbons (Fsp3) is 0.517. The zero-order valence-electron chi connectivity index (χ0n) is 24.6. The van der Waals surface area contributed by atoms with Crippen LogP contribution >= 0.6 is 7.60 Å². The molecule has 0 saturated carbocycles. The second-order valence-electron chi connectivity index (χ2n) is 10.7. The summed E-state index contributed by atoms with van der Waals surface area (Å²) in [7, 11) is -3.04. The number of ether oxygens (including phenoxy) is 2. The Morgan fingerprint density at radius 1 is 1.07 bits per heavy atom. The van der Waals surface area contributed by atoms with Gasteiger partial charge in [-0.15, -0.1) is 0 Å². The molecular weight excluding hydrogens is 577 g/mol. The van der Waals surface area contributed by atoms with Crippen molar-refractivity contribution in [2.45, 2.75) is 38.3 Å². The van der Waals surface area contributed by atoms with Crippen LogP contribution in [0.15, 0.2) is 42.5 Å². The zero-order valence-corrected chi connectivity index (χ0v) is 25.4. The number of carbonyl (C=O) groups is 3. The number of benzene rings is 1. The van der Waals surface area contributed by atoms with Gasteiger partial charge in [-0.1, -0.05) is 43.7 Å². The maximum absolute atomic E-state index is 13.6. The second-order valence-corrected chi connectivity index (χ2v) is 12.4. The predicted octanol–water partition coefficient (Wildman–Crippen LogP) is 2.33. The molecule has 1 aromatic heterocycles. The van der Waals surface area contributed by atoms with Crippen molar-refractivity contribution in [2.75, 3.05) is 64.0 Å². The highest BCUT2D eigenvalue weighted by molar-refractivity contribution is 7.51. The van der Waals surface area contributed by atoms with Gasteiger partial charge in [0.05, 0.1) is 24.6 Å². The van der Waals surface area contributed by atoms with Crippen LogP contribution in [0.1, 0.15) is 36.7 Å². The first-order valence-corrected chi connectivity index (χ1v) is 16.3. The van der Waals surface area contributed by atoms with Gasteiger partial charge < -0.3 is 39.3 Å². The first-order chi connectivity index (χ1) is 20.6. The number of unbranched alkanes of at least 4 members (excludes halogenated alkanes) is 1. The highest BCUT2D eigenvalue weighted by Crippen LogP contribution is 2.35. The minimum atomic E-state index is -4.70. The van der Waals surface area contributed by atoms with Gasteiger partial charge in [0.15, 0.2) is 0 Å².